The van der Waals surface area contributed by atoms with Gasteiger partial charge < -0.3 is 14.7 Å². The van der Waals surface area contributed by atoms with Gasteiger partial charge in [-0.05, 0) is 37.1 Å². The van der Waals surface area contributed by atoms with Gasteiger partial charge in [-0.15, -0.1) is 11.3 Å². The molecule has 0 spiro atoms. The van der Waals surface area contributed by atoms with Crippen LogP contribution in [-0.2, 0) is 6.54 Å². The first-order valence-electron chi connectivity index (χ1n) is 9.39. The number of aliphatic hydroxyl groups excluding tert-OH is 1. The molecule has 0 fully saturated rings. The van der Waals surface area contributed by atoms with E-state index >= 15 is 0 Å². The van der Waals surface area contributed by atoms with Crippen LogP contribution in [0.4, 0.5) is 0 Å². The molecule has 1 aliphatic rings. The predicted octanol–water partition coefficient (Wildman–Crippen LogP) is 5.20. The highest BCUT2D eigenvalue weighted by atomic mass is 32.1. The summed E-state index contributed by atoms with van der Waals surface area (Å²) in [5.41, 5.74) is 5.86. The van der Waals surface area contributed by atoms with Gasteiger partial charge in [-0.2, -0.15) is 0 Å². The molecule has 3 aromatic rings. The molecule has 4 rings (SSSR count). The van der Waals surface area contributed by atoms with Crippen LogP contribution in [0.2, 0.25) is 0 Å². The zero-order valence-electron chi connectivity index (χ0n) is 16.7. The fourth-order valence-electron chi connectivity index (χ4n) is 3.45. The Morgan fingerprint density at radius 2 is 1.97 bits per heavy atom. The smallest absolute Gasteiger partial charge is 0.135 e. The van der Waals surface area contributed by atoms with Crippen LogP contribution in [0.15, 0.2) is 53.6 Å². The van der Waals surface area contributed by atoms with E-state index in [4.69, 9.17) is 15.1 Å². The van der Waals surface area contributed by atoms with Crippen LogP contribution in [0.1, 0.15) is 21.7 Å². The van der Waals surface area contributed by atoms with Crippen LogP contribution in [0.5, 0.6) is 5.75 Å². The number of nitrogens with zero attached hydrogens (tertiary/aromatic N) is 2. The normalized spacial score (nSPS) is 14.0. The summed E-state index contributed by atoms with van der Waals surface area (Å²) in [6.07, 6.45) is 0. The van der Waals surface area contributed by atoms with Gasteiger partial charge in [-0.1, -0.05) is 30.3 Å². The number of amidine groups is 1. The summed E-state index contributed by atoms with van der Waals surface area (Å²) in [4.78, 5) is 6.55. The molecule has 0 bridgehead atoms. The Bertz CT molecular complexity index is 1120. The number of hydrogen-bond acceptors (Lipinski definition) is 5. The van der Waals surface area contributed by atoms with E-state index in [0.717, 1.165) is 22.6 Å². The van der Waals surface area contributed by atoms with Gasteiger partial charge in [0.1, 0.15) is 22.4 Å². The number of hydrogen-bond donors (Lipinski definition) is 2. The summed E-state index contributed by atoms with van der Waals surface area (Å²) in [6, 6.07) is 14.0. The lowest BCUT2D eigenvalue weighted by Gasteiger charge is -2.20. The van der Waals surface area contributed by atoms with E-state index in [9.17, 15) is 5.11 Å². The Morgan fingerprint density at radius 3 is 2.72 bits per heavy atom. The summed E-state index contributed by atoms with van der Waals surface area (Å²) >= 11 is 1.45. The van der Waals surface area contributed by atoms with E-state index in [0.29, 0.717) is 23.7 Å². The fourth-order valence-corrected chi connectivity index (χ4v) is 4.35. The van der Waals surface area contributed by atoms with Crippen molar-refractivity contribution in [3.63, 3.8) is 0 Å². The molecule has 0 saturated carbocycles. The molecule has 0 amide bonds. The summed E-state index contributed by atoms with van der Waals surface area (Å²) in [5, 5.41) is 21.9. The average Bonchev–Trinajstić information content (AvgIpc) is 3.29. The number of methoxy groups -OCH3 is 1. The monoisotopic (exact) mass is 405 g/mol. The van der Waals surface area contributed by atoms with E-state index in [-0.39, 0.29) is 11.6 Å². The van der Waals surface area contributed by atoms with Crippen molar-refractivity contribution in [1.29, 1.82) is 5.41 Å². The highest BCUT2D eigenvalue weighted by molar-refractivity contribution is 7.11. The minimum Gasteiger partial charge on any atom is -0.510 e. The first-order chi connectivity index (χ1) is 14.0. The van der Waals surface area contributed by atoms with Gasteiger partial charge in [0.15, 0.2) is 0 Å². The molecule has 29 heavy (non-hydrogen) atoms. The number of nitrogens with one attached hydrogen (secondary N) is 1. The van der Waals surface area contributed by atoms with Crippen molar-refractivity contribution in [2.24, 2.45) is 0 Å². The molecule has 1 aliphatic heterocycles. The second-order valence-corrected chi connectivity index (χ2v) is 8.03. The van der Waals surface area contributed by atoms with E-state index in [1.807, 2.05) is 34.5 Å². The molecule has 2 heterocycles. The second kappa shape index (κ2) is 7.72. The maximum Gasteiger partial charge on any atom is 0.135 e. The molecule has 1 aromatic heterocycles. The van der Waals surface area contributed by atoms with Gasteiger partial charge in [0.05, 0.1) is 24.9 Å². The first-order valence-corrected chi connectivity index (χ1v) is 10.3. The molecular weight excluding hydrogens is 382 g/mol. The highest BCUT2D eigenvalue weighted by Gasteiger charge is 2.30. The minimum atomic E-state index is 0.186. The van der Waals surface area contributed by atoms with E-state index in [1.54, 1.807) is 7.11 Å². The number of aromatic nitrogens is 1. The lowest BCUT2D eigenvalue weighted by atomic mass is 10.1. The third-order valence-corrected chi connectivity index (χ3v) is 6.12. The molecule has 0 saturated heterocycles. The van der Waals surface area contributed by atoms with Crippen molar-refractivity contribution < 1.29 is 9.84 Å². The molecular formula is C23H23N3O2S. The summed E-state index contributed by atoms with van der Waals surface area (Å²) in [7, 11) is 1.64. The number of ether oxygens (including phenoxy) is 1. The van der Waals surface area contributed by atoms with Crippen LogP contribution >= 0.6 is 11.3 Å². The van der Waals surface area contributed by atoms with Crippen molar-refractivity contribution in [3.05, 3.63) is 75.3 Å². The van der Waals surface area contributed by atoms with E-state index in [2.05, 4.69) is 32.0 Å². The summed E-state index contributed by atoms with van der Waals surface area (Å²) < 4.78 is 5.42. The lowest BCUT2D eigenvalue weighted by molar-refractivity contribution is 0.341. The number of rotatable bonds is 5. The third kappa shape index (κ3) is 3.63. The quantitative estimate of drug-likeness (QED) is 0.612. The van der Waals surface area contributed by atoms with Gasteiger partial charge in [0.25, 0.3) is 0 Å². The van der Waals surface area contributed by atoms with Gasteiger partial charge in [-0.3, -0.25) is 5.41 Å². The van der Waals surface area contributed by atoms with E-state index in [1.165, 1.54) is 22.5 Å². The second-order valence-electron chi connectivity index (χ2n) is 7.18. The number of aliphatic hydroxyl groups is 1. The van der Waals surface area contributed by atoms with E-state index < -0.39 is 0 Å². The number of thiazole rings is 1. The molecule has 2 aromatic carbocycles. The van der Waals surface area contributed by atoms with Crippen LogP contribution in [0.25, 0.3) is 16.8 Å². The average molecular weight is 406 g/mol. The van der Waals surface area contributed by atoms with Crippen LogP contribution in [0.3, 0.4) is 0 Å². The first kappa shape index (κ1) is 19.2. The summed E-state index contributed by atoms with van der Waals surface area (Å²) in [5.74, 6) is 1.25. The lowest BCUT2D eigenvalue weighted by Crippen LogP contribution is -2.26. The standard InChI is InChI=1S/C23H23N3O2S/c1-14-8-9-16(10-15(14)2)18-13-29-23(25-18)21-19(27)12-26(22(21)24)11-17-6-4-5-7-20(17)28-3/h4-10,13,24,27H,11-12H2,1-3H3. The number of para-hydroxylation sites is 1. The Balaban J connectivity index is 1.58. The summed E-state index contributed by atoms with van der Waals surface area (Å²) in [6.45, 7) is 4.96. The largest absolute Gasteiger partial charge is 0.510 e. The van der Waals surface area contributed by atoms with Crippen LogP contribution in [0, 0.1) is 19.3 Å². The van der Waals surface area contributed by atoms with Crippen molar-refractivity contribution in [2.45, 2.75) is 20.4 Å². The number of benzene rings is 2. The van der Waals surface area contributed by atoms with Crippen LogP contribution in [-0.4, -0.2) is 34.5 Å². The van der Waals surface area contributed by atoms with Crippen molar-refractivity contribution in [3.8, 4) is 17.0 Å². The zero-order chi connectivity index (χ0) is 20.5. The molecule has 6 heteroatoms. The van der Waals surface area contributed by atoms with Crippen molar-refractivity contribution in [1.82, 2.24) is 9.88 Å². The Kier molecular flexibility index (Phi) is 5.11. The molecule has 148 valence electrons. The molecule has 5 nitrogen and oxygen atoms in total. The third-order valence-electron chi connectivity index (χ3n) is 5.26. The molecule has 0 aliphatic carbocycles. The maximum absolute atomic E-state index is 10.6. The highest BCUT2D eigenvalue weighted by Crippen LogP contribution is 2.34. The fraction of sp³-hybridized carbons (Fsp3) is 0.217. The molecule has 0 atom stereocenters. The minimum absolute atomic E-state index is 0.186. The predicted molar refractivity (Wildman–Crippen MR) is 118 cm³/mol. The van der Waals surface area contributed by atoms with Gasteiger partial charge in [0.2, 0.25) is 0 Å². The maximum atomic E-state index is 10.6. The zero-order valence-corrected chi connectivity index (χ0v) is 17.5. The molecule has 0 unspecified atom stereocenters. The SMILES string of the molecule is COc1ccccc1CN1CC(O)=C(c2nc(-c3ccc(C)c(C)c3)cs2)C1=N. The van der Waals surface area contributed by atoms with Gasteiger partial charge in [-0.25, -0.2) is 4.98 Å². The molecule has 2 N–H and O–H groups in total. The van der Waals surface area contributed by atoms with Crippen molar-refractivity contribution in [2.75, 3.05) is 13.7 Å². The van der Waals surface area contributed by atoms with Gasteiger partial charge in [0, 0.05) is 23.1 Å². The number of aryl methyl sites for hydroxylation is 2. The molecule has 0 radical (unpaired) electrons. The topological polar surface area (TPSA) is 69.4 Å². The Labute approximate surface area is 174 Å². The van der Waals surface area contributed by atoms with Crippen molar-refractivity contribution >= 4 is 22.7 Å². The Morgan fingerprint density at radius 1 is 1.17 bits per heavy atom. The van der Waals surface area contributed by atoms with Gasteiger partial charge >= 0.3 is 0 Å². The Hall–Kier alpha value is -3.12. The van der Waals surface area contributed by atoms with Crippen LogP contribution < -0.4 is 4.74 Å².